The summed E-state index contributed by atoms with van der Waals surface area (Å²) in [5.74, 6) is -0.733. The van der Waals surface area contributed by atoms with Crippen LogP contribution < -0.4 is 14.9 Å². The van der Waals surface area contributed by atoms with Gasteiger partial charge >= 0.3 is 0 Å². The van der Waals surface area contributed by atoms with E-state index >= 15 is 0 Å². The molecule has 0 saturated carbocycles. The van der Waals surface area contributed by atoms with E-state index in [9.17, 15) is 18.0 Å². The Hall–Kier alpha value is -2.87. The highest BCUT2D eigenvalue weighted by Crippen LogP contribution is 2.22. The minimum absolute atomic E-state index is 0.273. The molecule has 2 amide bonds. The average molecular weight is 389 g/mol. The third kappa shape index (κ3) is 5.82. The zero-order valence-electron chi connectivity index (χ0n) is 15.7. The molecule has 0 bridgehead atoms. The van der Waals surface area contributed by atoms with E-state index in [-0.39, 0.29) is 12.5 Å². The van der Waals surface area contributed by atoms with Crippen LogP contribution in [0, 0.1) is 13.8 Å². The van der Waals surface area contributed by atoms with E-state index in [0.717, 1.165) is 21.7 Å². The van der Waals surface area contributed by atoms with Crippen LogP contribution in [0.3, 0.4) is 0 Å². The van der Waals surface area contributed by atoms with Gasteiger partial charge in [0.25, 0.3) is 0 Å². The summed E-state index contributed by atoms with van der Waals surface area (Å²) in [5.41, 5.74) is 3.33. The van der Waals surface area contributed by atoms with E-state index in [1.54, 1.807) is 24.3 Å². The first-order valence-corrected chi connectivity index (χ1v) is 10.1. The van der Waals surface area contributed by atoms with Crippen molar-refractivity contribution in [2.75, 3.05) is 27.7 Å². The first kappa shape index (κ1) is 20.4. The maximum Gasteiger partial charge on any atom is 0.245 e. The van der Waals surface area contributed by atoms with Crippen LogP contribution >= 0.6 is 0 Å². The average Bonchev–Trinajstić information content (AvgIpc) is 2.54. The predicted octanol–water partition coefficient (Wildman–Crippen LogP) is 2.67. The fourth-order valence-electron chi connectivity index (χ4n) is 2.62. The first-order valence-electron chi connectivity index (χ1n) is 8.29. The van der Waals surface area contributed by atoms with Crippen molar-refractivity contribution in [3.05, 3.63) is 53.6 Å². The summed E-state index contributed by atoms with van der Waals surface area (Å²) in [6.45, 7) is 4.80. The smallest absolute Gasteiger partial charge is 0.245 e. The van der Waals surface area contributed by atoms with Crippen LogP contribution in [0.5, 0.6) is 0 Å². The number of carbonyl (C=O) groups excluding carboxylic acids is 2. The van der Waals surface area contributed by atoms with Gasteiger partial charge in [0.15, 0.2) is 0 Å². The van der Waals surface area contributed by atoms with E-state index in [1.165, 1.54) is 13.0 Å². The van der Waals surface area contributed by atoms with Crippen LogP contribution in [0.25, 0.3) is 0 Å². The minimum Gasteiger partial charge on any atom is -0.326 e. The first-order chi connectivity index (χ1) is 12.6. The normalized spacial score (nSPS) is 11.0. The van der Waals surface area contributed by atoms with Crippen molar-refractivity contribution >= 4 is 38.9 Å². The van der Waals surface area contributed by atoms with Crippen molar-refractivity contribution < 1.29 is 18.0 Å². The molecule has 2 N–H and O–H groups in total. The standard InChI is InChI=1S/C19H23N3O4S/c1-13-8-9-18(14(2)10-13)21-19(24)12-22(27(4,25)26)17-7-5-6-16(11-17)20-15(3)23/h5-11H,12H2,1-4H3,(H,20,23)(H,21,24). The van der Waals surface area contributed by atoms with Gasteiger partial charge in [0, 0.05) is 18.3 Å². The third-order valence-electron chi connectivity index (χ3n) is 3.80. The number of anilines is 3. The van der Waals surface area contributed by atoms with E-state index in [2.05, 4.69) is 10.6 Å². The van der Waals surface area contributed by atoms with Crippen molar-refractivity contribution in [3.63, 3.8) is 0 Å². The van der Waals surface area contributed by atoms with Gasteiger partial charge in [0.05, 0.1) is 11.9 Å². The molecule has 0 unspecified atom stereocenters. The zero-order chi connectivity index (χ0) is 20.2. The molecule has 0 aliphatic rings. The quantitative estimate of drug-likeness (QED) is 0.794. The lowest BCUT2D eigenvalue weighted by Gasteiger charge is -2.22. The van der Waals surface area contributed by atoms with Gasteiger partial charge in [0.2, 0.25) is 21.8 Å². The van der Waals surface area contributed by atoms with E-state index in [0.29, 0.717) is 17.1 Å². The number of aryl methyl sites for hydroxylation is 2. The van der Waals surface area contributed by atoms with Gasteiger partial charge in [0.1, 0.15) is 6.54 Å². The summed E-state index contributed by atoms with van der Waals surface area (Å²) >= 11 is 0. The highest BCUT2D eigenvalue weighted by atomic mass is 32.2. The number of nitrogens with one attached hydrogen (secondary N) is 2. The molecular weight excluding hydrogens is 366 g/mol. The van der Waals surface area contributed by atoms with Crippen LogP contribution in [0.2, 0.25) is 0 Å². The lowest BCUT2D eigenvalue weighted by Crippen LogP contribution is -2.37. The summed E-state index contributed by atoms with van der Waals surface area (Å²) in [7, 11) is -3.71. The fourth-order valence-corrected chi connectivity index (χ4v) is 3.46. The molecule has 7 nitrogen and oxygen atoms in total. The van der Waals surface area contributed by atoms with Crippen LogP contribution in [0.4, 0.5) is 17.1 Å². The van der Waals surface area contributed by atoms with E-state index in [4.69, 9.17) is 0 Å². The maximum absolute atomic E-state index is 12.5. The molecule has 2 aromatic carbocycles. The number of nitrogens with zero attached hydrogens (tertiary/aromatic N) is 1. The van der Waals surface area contributed by atoms with Crippen molar-refractivity contribution in [2.24, 2.45) is 0 Å². The Morgan fingerprint density at radius 1 is 1.04 bits per heavy atom. The molecule has 0 radical (unpaired) electrons. The summed E-state index contributed by atoms with van der Waals surface area (Å²) in [6, 6.07) is 11.9. The number of rotatable bonds is 6. The zero-order valence-corrected chi connectivity index (χ0v) is 16.6. The minimum atomic E-state index is -3.71. The molecule has 0 aromatic heterocycles. The maximum atomic E-state index is 12.5. The van der Waals surface area contributed by atoms with E-state index < -0.39 is 15.9 Å². The fraction of sp³-hybridized carbons (Fsp3) is 0.263. The molecule has 0 aliphatic heterocycles. The molecule has 144 valence electrons. The molecule has 0 atom stereocenters. The van der Waals surface area contributed by atoms with E-state index in [1.807, 2.05) is 26.0 Å². The number of hydrogen-bond acceptors (Lipinski definition) is 4. The Bertz CT molecular complexity index is 971. The Morgan fingerprint density at radius 2 is 1.74 bits per heavy atom. The summed E-state index contributed by atoms with van der Waals surface area (Å²) in [6.07, 6.45) is 1.03. The molecule has 0 fully saturated rings. The monoisotopic (exact) mass is 389 g/mol. The lowest BCUT2D eigenvalue weighted by molar-refractivity contribution is -0.115. The molecule has 0 heterocycles. The SMILES string of the molecule is CC(=O)Nc1cccc(N(CC(=O)Nc2ccc(C)cc2C)S(C)(=O)=O)c1. The van der Waals surface area contributed by atoms with Crippen LogP contribution in [-0.2, 0) is 19.6 Å². The topological polar surface area (TPSA) is 95.6 Å². The summed E-state index contributed by atoms with van der Waals surface area (Å²) in [4.78, 5) is 23.7. The Morgan fingerprint density at radius 3 is 2.33 bits per heavy atom. The third-order valence-corrected chi connectivity index (χ3v) is 4.94. The van der Waals surface area contributed by atoms with Crippen LogP contribution in [0.1, 0.15) is 18.1 Å². The van der Waals surface area contributed by atoms with Gasteiger partial charge in [-0.3, -0.25) is 13.9 Å². The van der Waals surface area contributed by atoms with Gasteiger partial charge in [-0.15, -0.1) is 0 Å². The van der Waals surface area contributed by atoms with Crippen molar-refractivity contribution in [2.45, 2.75) is 20.8 Å². The molecule has 2 rings (SSSR count). The molecule has 0 saturated heterocycles. The molecular formula is C19H23N3O4S. The number of sulfonamides is 1. The van der Waals surface area contributed by atoms with Crippen molar-refractivity contribution in [1.82, 2.24) is 0 Å². The summed E-state index contributed by atoms with van der Waals surface area (Å²) in [5, 5.41) is 5.34. The highest BCUT2D eigenvalue weighted by Gasteiger charge is 2.21. The number of carbonyl (C=O) groups is 2. The van der Waals surface area contributed by atoms with Crippen molar-refractivity contribution in [1.29, 1.82) is 0 Å². The Labute approximate surface area is 159 Å². The van der Waals surface area contributed by atoms with Crippen LogP contribution in [0.15, 0.2) is 42.5 Å². The molecule has 0 spiro atoms. The van der Waals surface area contributed by atoms with Gasteiger partial charge in [-0.05, 0) is 43.7 Å². The number of benzene rings is 2. The lowest BCUT2D eigenvalue weighted by atomic mass is 10.1. The molecule has 27 heavy (non-hydrogen) atoms. The number of hydrogen-bond donors (Lipinski definition) is 2. The largest absolute Gasteiger partial charge is 0.326 e. The van der Waals surface area contributed by atoms with Crippen LogP contribution in [-0.4, -0.2) is 33.0 Å². The second-order valence-corrected chi connectivity index (χ2v) is 8.27. The Balaban J connectivity index is 2.25. The van der Waals surface area contributed by atoms with Gasteiger partial charge in [-0.1, -0.05) is 23.8 Å². The Kier molecular flexibility index (Phi) is 6.22. The van der Waals surface area contributed by atoms with Gasteiger partial charge in [-0.25, -0.2) is 8.42 Å². The molecule has 0 aliphatic carbocycles. The highest BCUT2D eigenvalue weighted by molar-refractivity contribution is 7.92. The second-order valence-electron chi connectivity index (χ2n) is 6.37. The summed E-state index contributed by atoms with van der Waals surface area (Å²) < 4.78 is 25.4. The predicted molar refractivity (Wildman–Crippen MR) is 107 cm³/mol. The van der Waals surface area contributed by atoms with Gasteiger partial charge in [-0.2, -0.15) is 0 Å². The molecule has 2 aromatic rings. The van der Waals surface area contributed by atoms with Gasteiger partial charge < -0.3 is 10.6 Å². The molecule has 8 heteroatoms. The second kappa shape index (κ2) is 8.22. The number of amides is 2. The van der Waals surface area contributed by atoms with Crippen molar-refractivity contribution in [3.8, 4) is 0 Å².